The number of esters is 1. The number of nitrogens with zero attached hydrogens (tertiary/aromatic N) is 4. The van der Waals surface area contributed by atoms with Crippen LogP contribution in [0.25, 0.3) is 22.6 Å². The van der Waals surface area contributed by atoms with Gasteiger partial charge >= 0.3 is 5.97 Å². The molecule has 0 aliphatic rings. The Morgan fingerprint density at radius 2 is 1.88 bits per heavy atom. The fourth-order valence-electron chi connectivity index (χ4n) is 3.38. The van der Waals surface area contributed by atoms with Gasteiger partial charge in [-0.1, -0.05) is 5.16 Å². The minimum atomic E-state index is -0.751. The zero-order valence-electron chi connectivity index (χ0n) is 18.8. The van der Waals surface area contributed by atoms with Crippen LogP contribution in [0.1, 0.15) is 34.7 Å². The normalized spacial score (nSPS) is 11.1. The van der Waals surface area contributed by atoms with Crippen molar-refractivity contribution in [3.63, 3.8) is 0 Å². The molecule has 0 aliphatic heterocycles. The molecule has 0 bridgehead atoms. The van der Waals surface area contributed by atoms with E-state index in [2.05, 4.69) is 15.1 Å². The van der Waals surface area contributed by atoms with Gasteiger partial charge in [-0.3, -0.25) is 9.36 Å². The molecule has 1 aromatic carbocycles. The molecule has 3 aromatic heterocycles. The van der Waals surface area contributed by atoms with E-state index in [1.165, 1.54) is 4.57 Å². The van der Waals surface area contributed by atoms with Crippen LogP contribution in [0.15, 0.2) is 31.9 Å². The van der Waals surface area contributed by atoms with Crippen molar-refractivity contribution in [3.05, 3.63) is 51.5 Å². The Labute approximate surface area is 187 Å². The molecule has 0 amide bonds. The van der Waals surface area contributed by atoms with Crippen LogP contribution in [0.5, 0.6) is 11.5 Å². The van der Waals surface area contributed by atoms with E-state index in [1.807, 2.05) is 0 Å². The summed E-state index contributed by atoms with van der Waals surface area (Å²) in [4.78, 5) is 34.2. The number of carbonyl (C=O) groups excluding carboxylic acids is 1. The van der Waals surface area contributed by atoms with E-state index in [0.29, 0.717) is 40.2 Å². The third kappa shape index (κ3) is 3.93. The molecule has 4 rings (SSSR count). The molecule has 11 heteroatoms. The summed E-state index contributed by atoms with van der Waals surface area (Å²) in [5.41, 5.74) is 0.487. The largest absolute Gasteiger partial charge is 0.493 e. The van der Waals surface area contributed by atoms with E-state index in [9.17, 15) is 9.59 Å². The topological polar surface area (TPSA) is 132 Å². The summed E-state index contributed by atoms with van der Waals surface area (Å²) < 4.78 is 27.9. The molecule has 0 fully saturated rings. The van der Waals surface area contributed by atoms with Crippen molar-refractivity contribution >= 4 is 17.1 Å². The number of methoxy groups -OCH3 is 2. The molecule has 0 atom stereocenters. The summed E-state index contributed by atoms with van der Waals surface area (Å²) >= 11 is 0. The van der Waals surface area contributed by atoms with E-state index in [0.717, 1.165) is 0 Å². The van der Waals surface area contributed by atoms with Gasteiger partial charge in [0.1, 0.15) is 22.7 Å². The number of fused-ring (bicyclic) bond motifs is 1. The van der Waals surface area contributed by atoms with E-state index < -0.39 is 11.5 Å². The van der Waals surface area contributed by atoms with Crippen molar-refractivity contribution in [2.24, 2.45) is 0 Å². The van der Waals surface area contributed by atoms with E-state index in [4.69, 9.17) is 23.2 Å². The standard InChI is InChI=1S/C22H22N4O7/c1-6-31-22(28)18-17-20(33-25-18)23-12(3)26(21(17)27)10-14-11(2)32-19(24-14)13-7-8-15(29-4)16(9-13)30-5/h7-9H,6,10H2,1-5H3. The van der Waals surface area contributed by atoms with E-state index >= 15 is 0 Å². The first kappa shape index (κ1) is 22.1. The Morgan fingerprint density at radius 3 is 2.58 bits per heavy atom. The van der Waals surface area contributed by atoms with Gasteiger partial charge in [0.2, 0.25) is 11.6 Å². The summed E-state index contributed by atoms with van der Waals surface area (Å²) in [7, 11) is 3.10. The second kappa shape index (κ2) is 8.77. The van der Waals surface area contributed by atoms with Crippen molar-refractivity contribution in [3.8, 4) is 23.0 Å². The van der Waals surface area contributed by atoms with Crippen LogP contribution < -0.4 is 15.0 Å². The molecule has 0 radical (unpaired) electrons. The fourth-order valence-corrected chi connectivity index (χ4v) is 3.38. The van der Waals surface area contributed by atoms with Gasteiger partial charge in [0.05, 0.1) is 27.4 Å². The van der Waals surface area contributed by atoms with Gasteiger partial charge in [-0.15, -0.1) is 0 Å². The minimum Gasteiger partial charge on any atom is -0.493 e. The van der Waals surface area contributed by atoms with Crippen LogP contribution >= 0.6 is 0 Å². The Hall–Kier alpha value is -4.15. The van der Waals surface area contributed by atoms with Crippen molar-refractivity contribution in [2.45, 2.75) is 27.3 Å². The SMILES string of the molecule is CCOC(=O)c1noc2nc(C)n(Cc3nc(-c4ccc(OC)c(OC)c4)oc3C)c(=O)c12. The molecular formula is C22H22N4O7. The lowest BCUT2D eigenvalue weighted by Crippen LogP contribution is -2.25. The summed E-state index contributed by atoms with van der Waals surface area (Å²) in [6, 6.07) is 5.30. The molecule has 0 unspecified atom stereocenters. The van der Waals surface area contributed by atoms with Crippen LogP contribution in [0, 0.1) is 13.8 Å². The maximum Gasteiger partial charge on any atom is 0.361 e. The second-order valence-electron chi connectivity index (χ2n) is 7.07. The second-order valence-corrected chi connectivity index (χ2v) is 7.07. The number of aromatic nitrogens is 4. The van der Waals surface area contributed by atoms with Crippen LogP contribution in [-0.4, -0.2) is 46.5 Å². The van der Waals surface area contributed by atoms with Gasteiger partial charge in [-0.2, -0.15) is 4.98 Å². The molecular weight excluding hydrogens is 432 g/mol. The fraction of sp³-hybridized carbons (Fsp3) is 0.318. The van der Waals surface area contributed by atoms with Gasteiger partial charge in [-0.05, 0) is 39.0 Å². The maximum absolute atomic E-state index is 13.2. The lowest BCUT2D eigenvalue weighted by atomic mass is 10.2. The highest BCUT2D eigenvalue weighted by Crippen LogP contribution is 2.32. The number of oxazole rings is 1. The molecule has 0 saturated heterocycles. The number of hydrogen-bond donors (Lipinski definition) is 0. The van der Waals surface area contributed by atoms with Gasteiger partial charge in [0.25, 0.3) is 11.3 Å². The van der Waals surface area contributed by atoms with Gasteiger partial charge < -0.3 is 23.2 Å². The number of rotatable bonds is 7. The van der Waals surface area contributed by atoms with Crippen molar-refractivity contribution in [1.29, 1.82) is 0 Å². The third-order valence-electron chi connectivity index (χ3n) is 5.09. The van der Waals surface area contributed by atoms with Gasteiger partial charge in [0, 0.05) is 5.56 Å². The Bertz CT molecular complexity index is 1400. The third-order valence-corrected chi connectivity index (χ3v) is 5.09. The number of carbonyl (C=O) groups is 1. The lowest BCUT2D eigenvalue weighted by molar-refractivity contribution is 0.0516. The predicted molar refractivity (Wildman–Crippen MR) is 116 cm³/mol. The zero-order chi connectivity index (χ0) is 23.7. The minimum absolute atomic E-state index is 0.0281. The molecule has 0 aliphatic carbocycles. The van der Waals surface area contributed by atoms with Crippen molar-refractivity contribution in [1.82, 2.24) is 19.7 Å². The molecule has 0 N–H and O–H groups in total. The molecule has 4 aromatic rings. The average Bonchev–Trinajstić information content (AvgIpc) is 3.39. The van der Waals surface area contributed by atoms with Crippen LogP contribution in [0.2, 0.25) is 0 Å². The van der Waals surface area contributed by atoms with Crippen molar-refractivity contribution in [2.75, 3.05) is 20.8 Å². The first-order valence-corrected chi connectivity index (χ1v) is 10.1. The molecule has 33 heavy (non-hydrogen) atoms. The van der Waals surface area contributed by atoms with E-state index in [-0.39, 0.29) is 29.9 Å². The van der Waals surface area contributed by atoms with Crippen molar-refractivity contribution < 1.29 is 27.9 Å². The summed E-state index contributed by atoms with van der Waals surface area (Å²) in [5.74, 6) is 1.63. The molecule has 3 heterocycles. The van der Waals surface area contributed by atoms with Crippen LogP contribution in [-0.2, 0) is 11.3 Å². The number of benzene rings is 1. The zero-order valence-corrected chi connectivity index (χ0v) is 18.8. The smallest absolute Gasteiger partial charge is 0.361 e. The van der Waals surface area contributed by atoms with E-state index in [1.54, 1.807) is 53.2 Å². The average molecular weight is 454 g/mol. The molecule has 11 nitrogen and oxygen atoms in total. The first-order valence-electron chi connectivity index (χ1n) is 10.1. The van der Waals surface area contributed by atoms with Crippen LogP contribution in [0.4, 0.5) is 0 Å². The van der Waals surface area contributed by atoms with Gasteiger partial charge in [0.15, 0.2) is 11.5 Å². The van der Waals surface area contributed by atoms with Crippen LogP contribution in [0.3, 0.4) is 0 Å². The van der Waals surface area contributed by atoms with Gasteiger partial charge in [-0.25, -0.2) is 9.78 Å². The summed E-state index contributed by atoms with van der Waals surface area (Å²) in [6.45, 7) is 5.27. The number of ether oxygens (including phenoxy) is 3. The Kier molecular flexibility index (Phi) is 5.86. The first-order chi connectivity index (χ1) is 15.9. The maximum atomic E-state index is 13.2. The molecule has 0 spiro atoms. The quantitative estimate of drug-likeness (QED) is 0.384. The highest BCUT2D eigenvalue weighted by Gasteiger charge is 2.24. The Balaban J connectivity index is 1.74. The monoisotopic (exact) mass is 454 g/mol. The highest BCUT2D eigenvalue weighted by atomic mass is 16.5. The molecule has 172 valence electrons. The summed E-state index contributed by atoms with van der Waals surface area (Å²) in [5, 5.41) is 3.63. The Morgan fingerprint density at radius 1 is 1.12 bits per heavy atom. The predicted octanol–water partition coefficient (Wildman–Crippen LogP) is 2.90. The lowest BCUT2D eigenvalue weighted by Gasteiger charge is -2.08. The molecule has 0 saturated carbocycles. The summed E-state index contributed by atoms with van der Waals surface area (Å²) in [6.07, 6.45) is 0. The highest BCUT2D eigenvalue weighted by molar-refractivity contribution is 5.99. The number of hydrogen-bond acceptors (Lipinski definition) is 10. The number of aryl methyl sites for hydroxylation is 2.